The van der Waals surface area contributed by atoms with Gasteiger partial charge in [0, 0.05) is 0 Å². The molecule has 0 aromatic rings. The fourth-order valence-corrected chi connectivity index (χ4v) is 0.588. The van der Waals surface area contributed by atoms with Gasteiger partial charge in [-0.05, 0) is 26.3 Å². The molecule has 68 valence electrons. The van der Waals surface area contributed by atoms with Crippen molar-refractivity contribution < 1.29 is 9.47 Å². The van der Waals surface area contributed by atoms with Crippen molar-refractivity contribution in [2.75, 3.05) is 13.7 Å². The molecule has 0 radical (unpaired) electrons. The van der Waals surface area contributed by atoms with E-state index >= 15 is 0 Å². The van der Waals surface area contributed by atoms with E-state index in [0.29, 0.717) is 6.61 Å². The molecule has 0 saturated carbocycles. The van der Waals surface area contributed by atoms with Gasteiger partial charge in [0.1, 0.15) is 5.60 Å². The average molecular weight is 168 g/mol. The van der Waals surface area contributed by atoms with Gasteiger partial charge in [-0.2, -0.15) is 0 Å². The van der Waals surface area contributed by atoms with Gasteiger partial charge in [-0.3, -0.25) is 0 Å². The lowest BCUT2D eigenvalue weighted by Crippen LogP contribution is -2.21. The van der Waals surface area contributed by atoms with Crippen LogP contribution in [0.25, 0.3) is 0 Å². The minimum atomic E-state index is -0.457. The molecule has 0 amide bonds. The third kappa shape index (κ3) is 5.82. The molecule has 0 aromatic carbocycles. The number of hydrogen-bond acceptors (Lipinski definition) is 2. The lowest BCUT2D eigenvalue weighted by Gasteiger charge is -2.17. The quantitative estimate of drug-likeness (QED) is 0.355. The van der Waals surface area contributed by atoms with Crippen molar-refractivity contribution >= 4 is 0 Å². The number of ether oxygens (including phenoxy) is 2. The molecule has 0 heterocycles. The van der Waals surface area contributed by atoms with Crippen molar-refractivity contribution in [3.8, 4) is 12.3 Å². The first-order valence-electron chi connectivity index (χ1n) is 3.92. The van der Waals surface area contributed by atoms with Crippen LogP contribution in [0.4, 0.5) is 0 Å². The molecule has 0 aliphatic heterocycles. The van der Waals surface area contributed by atoms with Crippen LogP contribution in [0.15, 0.2) is 12.3 Å². The zero-order valence-electron chi connectivity index (χ0n) is 7.96. The Balaban J connectivity index is 3.45. The lowest BCUT2D eigenvalue weighted by molar-refractivity contribution is 0.0300. The van der Waals surface area contributed by atoms with Crippen molar-refractivity contribution in [3.63, 3.8) is 0 Å². The molecule has 0 atom stereocenters. The third-order valence-corrected chi connectivity index (χ3v) is 1.33. The minimum Gasteiger partial charge on any atom is -0.505 e. The summed E-state index contributed by atoms with van der Waals surface area (Å²) in [6.45, 7) is 4.36. The van der Waals surface area contributed by atoms with Crippen molar-refractivity contribution in [2.24, 2.45) is 0 Å². The highest BCUT2D eigenvalue weighted by Crippen LogP contribution is 2.06. The van der Waals surface area contributed by atoms with Crippen LogP contribution in [-0.2, 0) is 9.47 Å². The first kappa shape index (κ1) is 11.1. The Morgan fingerprint density at radius 2 is 2.17 bits per heavy atom. The van der Waals surface area contributed by atoms with E-state index in [4.69, 9.17) is 15.9 Å². The summed E-state index contributed by atoms with van der Waals surface area (Å²) in [7, 11) is 1.61. The SMILES string of the molecule is C#CC(C)(C)OCC/C=C/OC. The number of terminal acetylenes is 1. The molecule has 2 nitrogen and oxygen atoms in total. The minimum absolute atomic E-state index is 0.457. The van der Waals surface area contributed by atoms with Crippen molar-refractivity contribution in [3.05, 3.63) is 12.3 Å². The van der Waals surface area contributed by atoms with E-state index in [1.54, 1.807) is 13.4 Å². The van der Waals surface area contributed by atoms with Crippen molar-refractivity contribution in [1.82, 2.24) is 0 Å². The van der Waals surface area contributed by atoms with Gasteiger partial charge in [0.15, 0.2) is 0 Å². The monoisotopic (exact) mass is 168 g/mol. The standard InChI is InChI=1S/C10H16O2/c1-5-10(2,3)12-9-7-6-8-11-4/h1,6,8H,7,9H2,2-4H3/b8-6+. The maximum atomic E-state index is 5.38. The van der Waals surface area contributed by atoms with E-state index in [9.17, 15) is 0 Å². The van der Waals surface area contributed by atoms with E-state index in [-0.39, 0.29) is 0 Å². The van der Waals surface area contributed by atoms with Crippen LogP contribution in [-0.4, -0.2) is 19.3 Å². The number of rotatable bonds is 5. The second-order valence-corrected chi connectivity index (χ2v) is 2.90. The van der Waals surface area contributed by atoms with Crippen LogP contribution in [0.2, 0.25) is 0 Å². The highest BCUT2D eigenvalue weighted by Gasteiger charge is 2.12. The van der Waals surface area contributed by atoms with Gasteiger partial charge in [0.05, 0.1) is 20.0 Å². The smallest absolute Gasteiger partial charge is 0.122 e. The number of hydrogen-bond donors (Lipinski definition) is 0. The molecule has 12 heavy (non-hydrogen) atoms. The summed E-state index contributed by atoms with van der Waals surface area (Å²) in [4.78, 5) is 0. The van der Waals surface area contributed by atoms with Crippen LogP contribution >= 0.6 is 0 Å². The Bertz CT molecular complexity index is 175. The van der Waals surface area contributed by atoms with E-state index in [0.717, 1.165) is 6.42 Å². The Morgan fingerprint density at radius 1 is 1.50 bits per heavy atom. The molecule has 0 saturated heterocycles. The molecular formula is C10H16O2. The molecule has 0 aliphatic rings. The molecule has 0 spiro atoms. The van der Waals surface area contributed by atoms with Crippen LogP contribution in [0.3, 0.4) is 0 Å². The molecule has 0 rings (SSSR count). The van der Waals surface area contributed by atoms with Gasteiger partial charge in [0.25, 0.3) is 0 Å². The maximum absolute atomic E-state index is 5.38. The summed E-state index contributed by atoms with van der Waals surface area (Å²) in [5, 5.41) is 0. The fraction of sp³-hybridized carbons (Fsp3) is 0.600. The van der Waals surface area contributed by atoms with Crippen molar-refractivity contribution in [2.45, 2.75) is 25.9 Å². The summed E-state index contributed by atoms with van der Waals surface area (Å²) in [6.07, 6.45) is 9.57. The molecule has 0 fully saturated rings. The van der Waals surface area contributed by atoms with Gasteiger partial charge in [0.2, 0.25) is 0 Å². The van der Waals surface area contributed by atoms with Gasteiger partial charge < -0.3 is 9.47 Å². The first-order chi connectivity index (χ1) is 5.62. The van der Waals surface area contributed by atoms with Gasteiger partial charge in [-0.1, -0.05) is 5.92 Å². The van der Waals surface area contributed by atoms with Gasteiger partial charge in [-0.15, -0.1) is 6.42 Å². The third-order valence-electron chi connectivity index (χ3n) is 1.33. The van der Waals surface area contributed by atoms with Crippen LogP contribution < -0.4 is 0 Å². The van der Waals surface area contributed by atoms with Gasteiger partial charge in [-0.25, -0.2) is 0 Å². The second-order valence-electron chi connectivity index (χ2n) is 2.90. The average Bonchev–Trinajstić information content (AvgIpc) is 2.04. The zero-order valence-corrected chi connectivity index (χ0v) is 7.96. The highest BCUT2D eigenvalue weighted by atomic mass is 16.5. The van der Waals surface area contributed by atoms with Gasteiger partial charge >= 0.3 is 0 Å². The molecule has 0 aliphatic carbocycles. The van der Waals surface area contributed by atoms with E-state index < -0.39 is 5.60 Å². The lowest BCUT2D eigenvalue weighted by atomic mass is 10.1. The zero-order chi connectivity index (χ0) is 9.45. The van der Waals surface area contributed by atoms with E-state index in [2.05, 4.69) is 5.92 Å². The summed E-state index contributed by atoms with van der Waals surface area (Å²) in [5.74, 6) is 2.55. The predicted molar refractivity (Wildman–Crippen MR) is 49.6 cm³/mol. The predicted octanol–water partition coefficient (Wildman–Crippen LogP) is 1.97. The summed E-state index contributed by atoms with van der Waals surface area (Å²) in [5.41, 5.74) is -0.457. The fourth-order valence-electron chi connectivity index (χ4n) is 0.588. The van der Waals surface area contributed by atoms with Crippen molar-refractivity contribution in [1.29, 1.82) is 0 Å². The Labute approximate surface area is 74.6 Å². The molecule has 0 N–H and O–H groups in total. The summed E-state index contributed by atoms with van der Waals surface area (Å²) in [6, 6.07) is 0. The van der Waals surface area contributed by atoms with E-state index in [1.807, 2.05) is 19.9 Å². The molecular weight excluding hydrogens is 152 g/mol. The topological polar surface area (TPSA) is 18.5 Å². The Kier molecular flexibility index (Phi) is 5.23. The van der Waals surface area contributed by atoms with Crippen LogP contribution in [0.5, 0.6) is 0 Å². The Morgan fingerprint density at radius 3 is 2.67 bits per heavy atom. The largest absolute Gasteiger partial charge is 0.505 e. The molecule has 0 aromatic heterocycles. The first-order valence-corrected chi connectivity index (χ1v) is 3.92. The number of methoxy groups -OCH3 is 1. The van der Waals surface area contributed by atoms with Crippen LogP contribution in [0, 0.1) is 12.3 Å². The second kappa shape index (κ2) is 5.68. The highest BCUT2D eigenvalue weighted by molar-refractivity contribution is 5.02. The molecule has 0 bridgehead atoms. The molecule has 0 unspecified atom stereocenters. The normalized spacial score (nSPS) is 11.5. The molecule has 2 heteroatoms. The van der Waals surface area contributed by atoms with Crippen LogP contribution in [0.1, 0.15) is 20.3 Å². The van der Waals surface area contributed by atoms with E-state index in [1.165, 1.54) is 0 Å². The Hall–Kier alpha value is -0.940. The summed E-state index contributed by atoms with van der Waals surface area (Å²) >= 11 is 0. The maximum Gasteiger partial charge on any atom is 0.122 e. The summed E-state index contributed by atoms with van der Waals surface area (Å²) < 4.78 is 10.1.